The molecule has 2 nitrogen and oxygen atoms in total. The second-order valence-corrected chi connectivity index (χ2v) is 6.23. The van der Waals surface area contributed by atoms with Crippen molar-refractivity contribution in [1.82, 2.24) is 4.90 Å². The topological polar surface area (TPSA) is 23.5 Å². The lowest BCUT2D eigenvalue weighted by Crippen LogP contribution is -2.39. The van der Waals surface area contributed by atoms with Crippen LogP contribution in [-0.4, -0.2) is 35.7 Å². The van der Waals surface area contributed by atoms with Crippen LogP contribution in [0, 0.1) is 17.8 Å². The number of nitrogens with zero attached hydrogens (tertiary/aromatic N) is 1. The summed E-state index contributed by atoms with van der Waals surface area (Å²) in [6.07, 6.45) is 6.53. The van der Waals surface area contributed by atoms with E-state index in [1.54, 1.807) is 0 Å². The molecule has 1 saturated heterocycles. The van der Waals surface area contributed by atoms with Gasteiger partial charge in [-0.1, -0.05) is 13.8 Å². The third-order valence-electron chi connectivity index (χ3n) is 4.52. The first-order chi connectivity index (χ1) is 7.69. The van der Waals surface area contributed by atoms with Crippen LogP contribution in [0.1, 0.15) is 46.0 Å². The van der Waals surface area contributed by atoms with Gasteiger partial charge in [0.1, 0.15) is 0 Å². The second-order valence-electron chi connectivity index (χ2n) is 6.23. The molecule has 1 aliphatic heterocycles. The van der Waals surface area contributed by atoms with Gasteiger partial charge in [-0.05, 0) is 56.4 Å². The van der Waals surface area contributed by atoms with Crippen LogP contribution in [0.5, 0.6) is 0 Å². The summed E-state index contributed by atoms with van der Waals surface area (Å²) in [5.74, 6) is 2.58. The largest absolute Gasteiger partial charge is 0.396 e. The van der Waals surface area contributed by atoms with Crippen LogP contribution in [-0.2, 0) is 0 Å². The van der Waals surface area contributed by atoms with Gasteiger partial charge in [0, 0.05) is 19.2 Å². The Bertz CT molecular complexity index is 209. The van der Waals surface area contributed by atoms with E-state index in [0.29, 0.717) is 6.61 Å². The highest BCUT2D eigenvalue weighted by Crippen LogP contribution is 2.34. The third kappa shape index (κ3) is 2.98. The fourth-order valence-electron chi connectivity index (χ4n) is 3.82. The highest BCUT2D eigenvalue weighted by molar-refractivity contribution is 4.86. The molecule has 0 amide bonds. The van der Waals surface area contributed by atoms with E-state index in [9.17, 15) is 0 Å². The fraction of sp³-hybridized carbons (Fsp3) is 1.00. The van der Waals surface area contributed by atoms with Crippen molar-refractivity contribution in [2.45, 2.75) is 52.0 Å². The summed E-state index contributed by atoms with van der Waals surface area (Å²) in [4.78, 5) is 2.70. The number of aliphatic hydroxyl groups excluding tert-OH is 1. The monoisotopic (exact) mass is 225 g/mol. The minimum Gasteiger partial charge on any atom is -0.396 e. The maximum atomic E-state index is 8.99. The summed E-state index contributed by atoms with van der Waals surface area (Å²) in [5.41, 5.74) is 0. The normalized spacial score (nSPS) is 41.4. The van der Waals surface area contributed by atoms with Crippen molar-refractivity contribution in [3.8, 4) is 0 Å². The molecule has 0 radical (unpaired) electrons. The number of aliphatic hydroxyl groups is 1. The fourth-order valence-corrected chi connectivity index (χ4v) is 3.82. The van der Waals surface area contributed by atoms with Gasteiger partial charge in [-0.15, -0.1) is 0 Å². The molecule has 2 heteroatoms. The molecule has 0 aromatic rings. The Hall–Kier alpha value is -0.0800. The van der Waals surface area contributed by atoms with Crippen LogP contribution in [0.25, 0.3) is 0 Å². The molecular formula is C14H27NO. The quantitative estimate of drug-likeness (QED) is 0.798. The Morgan fingerprint density at radius 2 is 1.81 bits per heavy atom. The maximum absolute atomic E-state index is 8.99. The number of hydrogen-bond acceptors (Lipinski definition) is 2. The molecule has 0 bridgehead atoms. The Morgan fingerprint density at radius 1 is 1.12 bits per heavy atom. The van der Waals surface area contributed by atoms with Crippen molar-refractivity contribution in [3.63, 3.8) is 0 Å². The first-order valence-corrected chi connectivity index (χ1v) is 7.04. The summed E-state index contributed by atoms with van der Waals surface area (Å²) in [6, 6.07) is 0.836. The van der Waals surface area contributed by atoms with Crippen molar-refractivity contribution in [1.29, 1.82) is 0 Å². The molecule has 94 valence electrons. The SMILES string of the molecule is CC1CC(C)CC(N2CCC(CCO)C2)C1. The summed E-state index contributed by atoms with van der Waals surface area (Å²) >= 11 is 0. The van der Waals surface area contributed by atoms with Crippen molar-refractivity contribution >= 4 is 0 Å². The molecule has 3 atom stereocenters. The molecule has 1 aliphatic carbocycles. The molecular weight excluding hydrogens is 198 g/mol. The molecule has 2 fully saturated rings. The summed E-state index contributed by atoms with van der Waals surface area (Å²) < 4.78 is 0. The lowest BCUT2D eigenvalue weighted by molar-refractivity contribution is 0.126. The van der Waals surface area contributed by atoms with E-state index in [1.807, 2.05) is 0 Å². The molecule has 2 aliphatic rings. The summed E-state index contributed by atoms with van der Waals surface area (Å²) in [7, 11) is 0. The van der Waals surface area contributed by atoms with Gasteiger partial charge in [0.15, 0.2) is 0 Å². The van der Waals surface area contributed by atoms with Crippen LogP contribution >= 0.6 is 0 Å². The number of likely N-dealkylation sites (tertiary alicyclic amines) is 1. The predicted molar refractivity (Wildman–Crippen MR) is 67.3 cm³/mol. The smallest absolute Gasteiger partial charge is 0.0434 e. The third-order valence-corrected chi connectivity index (χ3v) is 4.52. The first-order valence-electron chi connectivity index (χ1n) is 7.04. The van der Waals surface area contributed by atoms with E-state index in [0.717, 1.165) is 30.2 Å². The van der Waals surface area contributed by atoms with Gasteiger partial charge >= 0.3 is 0 Å². The van der Waals surface area contributed by atoms with E-state index < -0.39 is 0 Å². The predicted octanol–water partition coefficient (Wildman–Crippen LogP) is 2.52. The Labute approximate surface area is 100 Å². The Kier molecular flexibility index (Phi) is 4.26. The number of rotatable bonds is 3. The van der Waals surface area contributed by atoms with E-state index in [1.165, 1.54) is 38.8 Å². The summed E-state index contributed by atoms with van der Waals surface area (Å²) in [5, 5.41) is 8.99. The molecule has 0 aromatic heterocycles. The van der Waals surface area contributed by atoms with Crippen LogP contribution in [0.15, 0.2) is 0 Å². The molecule has 1 saturated carbocycles. The lowest BCUT2D eigenvalue weighted by atomic mass is 9.80. The molecule has 1 N–H and O–H groups in total. The second kappa shape index (κ2) is 5.50. The molecule has 3 unspecified atom stereocenters. The van der Waals surface area contributed by atoms with Crippen LogP contribution in [0.3, 0.4) is 0 Å². The molecule has 1 heterocycles. The maximum Gasteiger partial charge on any atom is 0.0434 e. The standard InChI is InChI=1S/C14H27NO/c1-11-7-12(2)9-14(8-11)15-5-3-13(10-15)4-6-16/h11-14,16H,3-10H2,1-2H3. The minimum absolute atomic E-state index is 0.371. The molecule has 0 spiro atoms. The summed E-state index contributed by atoms with van der Waals surface area (Å²) in [6.45, 7) is 7.70. The molecule has 0 aromatic carbocycles. The van der Waals surface area contributed by atoms with Gasteiger partial charge < -0.3 is 10.0 Å². The van der Waals surface area contributed by atoms with E-state index in [2.05, 4.69) is 18.7 Å². The zero-order chi connectivity index (χ0) is 11.5. The minimum atomic E-state index is 0.371. The van der Waals surface area contributed by atoms with Gasteiger partial charge in [-0.25, -0.2) is 0 Å². The molecule has 16 heavy (non-hydrogen) atoms. The van der Waals surface area contributed by atoms with Gasteiger partial charge in [0.05, 0.1) is 0 Å². The van der Waals surface area contributed by atoms with E-state index >= 15 is 0 Å². The molecule has 2 rings (SSSR count). The van der Waals surface area contributed by atoms with Crippen molar-refractivity contribution in [2.24, 2.45) is 17.8 Å². The van der Waals surface area contributed by atoms with E-state index in [-0.39, 0.29) is 0 Å². The zero-order valence-electron chi connectivity index (χ0n) is 10.9. The first kappa shape index (κ1) is 12.4. The average Bonchev–Trinajstić information content (AvgIpc) is 2.65. The zero-order valence-corrected chi connectivity index (χ0v) is 10.9. The van der Waals surface area contributed by atoms with Crippen molar-refractivity contribution < 1.29 is 5.11 Å². The van der Waals surface area contributed by atoms with E-state index in [4.69, 9.17) is 5.11 Å². The van der Waals surface area contributed by atoms with Crippen LogP contribution in [0.4, 0.5) is 0 Å². The Balaban J connectivity index is 1.84. The van der Waals surface area contributed by atoms with Gasteiger partial charge in [-0.2, -0.15) is 0 Å². The average molecular weight is 225 g/mol. The lowest BCUT2D eigenvalue weighted by Gasteiger charge is -2.37. The van der Waals surface area contributed by atoms with Crippen molar-refractivity contribution in [3.05, 3.63) is 0 Å². The Morgan fingerprint density at radius 3 is 2.44 bits per heavy atom. The van der Waals surface area contributed by atoms with Gasteiger partial charge in [0.25, 0.3) is 0 Å². The number of hydrogen-bond donors (Lipinski definition) is 1. The van der Waals surface area contributed by atoms with Gasteiger partial charge in [-0.3, -0.25) is 0 Å². The highest BCUT2D eigenvalue weighted by atomic mass is 16.3. The highest BCUT2D eigenvalue weighted by Gasteiger charge is 2.32. The van der Waals surface area contributed by atoms with Gasteiger partial charge in [0.2, 0.25) is 0 Å². The van der Waals surface area contributed by atoms with Crippen LogP contribution in [0.2, 0.25) is 0 Å². The van der Waals surface area contributed by atoms with Crippen molar-refractivity contribution in [2.75, 3.05) is 19.7 Å². The van der Waals surface area contributed by atoms with Crippen LogP contribution < -0.4 is 0 Å².